The Morgan fingerprint density at radius 3 is 2.38 bits per heavy atom. The van der Waals surface area contributed by atoms with Crippen LogP contribution in [0.25, 0.3) is 0 Å². The average Bonchev–Trinajstić information content (AvgIpc) is 2.82. The molecule has 6 nitrogen and oxygen atoms in total. The SMILES string of the molecule is CNc1nc(C(C)(C)C)nc(NCc2cnn(C)c2)c1C. The number of nitrogens with zero attached hydrogens (tertiary/aromatic N) is 4. The molecule has 2 aromatic rings. The van der Waals surface area contributed by atoms with Crippen molar-refractivity contribution in [2.24, 2.45) is 7.05 Å². The van der Waals surface area contributed by atoms with Crippen molar-refractivity contribution in [3.63, 3.8) is 0 Å². The molecule has 0 unspecified atom stereocenters. The van der Waals surface area contributed by atoms with Crippen LogP contribution in [-0.4, -0.2) is 26.8 Å². The molecule has 2 rings (SSSR count). The highest BCUT2D eigenvalue weighted by atomic mass is 15.2. The Balaban J connectivity index is 2.28. The summed E-state index contributed by atoms with van der Waals surface area (Å²) in [7, 11) is 3.79. The maximum atomic E-state index is 4.68. The lowest BCUT2D eigenvalue weighted by molar-refractivity contribution is 0.546. The first-order valence-electron chi connectivity index (χ1n) is 7.09. The van der Waals surface area contributed by atoms with E-state index in [-0.39, 0.29) is 5.41 Å². The largest absolute Gasteiger partial charge is 0.373 e. The van der Waals surface area contributed by atoms with Gasteiger partial charge in [0.25, 0.3) is 0 Å². The maximum Gasteiger partial charge on any atom is 0.138 e. The molecule has 2 aromatic heterocycles. The second kappa shape index (κ2) is 5.71. The van der Waals surface area contributed by atoms with Crippen LogP contribution in [0.15, 0.2) is 12.4 Å². The van der Waals surface area contributed by atoms with Gasteiger partial charge in [-0.1, -0.05) is 20.8 Å². The van der Waals surface area contributed by atoms with E-state index in [0.717, 1.165) is 28.6 Å². The summed E-state index contributed by atoms with van der Waals surface area (Å²) >= 11 is 0. The lowest BCUT2D eigenvalue weighted by Crippen LogP contribution is -2.19. The van der Waals surface area contributed by atoms with Crippen molar-refractivity contribution in [2.75, 3.05) is 17.7 Å². The second-order valence-electron chi connectivity index (χ2n) is 6.25. The molecule has 0 aliphatic carbocycles. The predicted octanol–water partition coefficient (Wildman–Crippen LogP) is 2.47. The monoisotopic (exact) mass is 288 g/mol. The van der Waals surface area contributed by atoms with E-state index in [2.05, 4.69) is 46.5 Å². The number of anilines is 2. The van der Waals surface area contributed by atoms with Crippen LogP contribution in [0.2, 0.25) is 0 Å². The lowest BCUT2D eigenvalue weighted by atomic mass is 9.95. The summed E-state index contributed by atoms with van der Waals surface area (Å²) in [5.41, 5.74) is 2.05. The average molecular weight is 288 g/mol. The molecule has 0 radical (unpaired) electrons. The van der Waals surface area contributed by atoms with Crippen LogP contribution in [0.3, 0.4) is 0 Å². The Morgan fingerprint density at radius 1 is 1.19 bits per heavy atom. The van der Waals surface area contributed by atoms with Gasteiger partial charge in [-0.3, -0.25) is 4.68 Å². The van der Waals surface area contributed by atoms with Gasteiger partial charge in [0.2, 0.25) is 0 Å². The fourth-order valence-corrected chi connectivity index (χ4v) is 2.02. The molecule has 0 aliphatic heterocycles. The van der Waals surface area contributed by atoms with E-state index in [1.807, 2.05) is 33.4 Å². The predicted molar refractivity (Wildman–Crippen MR) is 85.6 cm³/mol. The third kappa shape index (κ3) is 3.51. The van der Waals surface area contributed by atoms with E-state index in [1.165, 1.54) is 0 Å². The van der Waals surface area contributed by atoms with Crippen LogP contribution < -0.4 is 10.6 Å². The van der Waals surface area contributed by atoms with Crippen LogP contribution in [0.5, 0.6) is 0 Å². The summed E-state index contributed by atoms with van der Waals surface area (Å²) in [6.07, 6.45) is 3.85. The molecule has 0 aliphatic rings. The molecule has 21 heavy (non-hydrogen) atoms. The summed E-state index contributed by atoms with van der Waals surface area (Å²) in [6, 6.07) is 0. The molecule has 0 aromatic carbocycles. The fourth-order valence-electron chi connectivity index (χ4n) is 2.02. The Morgan fingerprint density at radius 2 is 1.86 bits per heavy atom. The standard InChI is InChI=1S/C15H24N6/c1-10-12(16-5)19-14(15(2,3)4)20-13(10)17-7-11-8-18-21(6)9-11/h8-9H,7H2,1-6H3,(H2,16,17,19,20). The third-order valence-corrected chi connectivity index (χ3v) is 3.27. The second-order valence-corrected chi connectivity index (χ2v) is 6.25. The highest BCUT2D eigenvalue weighted by Crippen LogP contribution is 2.26. The topological polar surface area (TPSA) is 67.7 Å². The van der Waals surface area contributed by atoms with Crippen LogP contribution in [0.1, 0.15) is 37.7 Å². The first-order valence-corrected chi connectivity index (χ1v) is 7.09. The van der Waals surface area contributed by atoms with Gasteiger partial charge in [0, 0.05) is 43.4 Å². The third-order valence-electron chi connectivity index (χ3n) is 3.27. The highest BCUT2D eigenvalue weighted by molar-refractivity contribution is 5.57. The van der Waals surface area contributed by atoms with Gasteiger partial charge in [-0.2, -0.15) is 5.10 Å². The molecule has 0 saturated carbocycles. The molecule has 2 N–H and O–H groups in total. The van der Waals surface area contributed by atoms with Crippen molar-refractivity contribution in [1.82, 2.24) is 19.7 Å². The van der Waals surface area contributed by atoms with E-state index >= 15 is 0 Å². The molecule has 0 atom stereocenters. The molecular weight excluding hydrogens is 264 g/mol. The summed E-state index contributed by atoms with van der Waals surface area (Å²) in [5.74, 6) is 2.55. The van der Waals surface area contributed by atoms with E-state index in [1.54, 1.807) is 4.68 Å². The molecule has 0 spiro atoms. The van der Waals surface area contributed by atoms with Crippen LogP contribution >= 0.6 is 0 Å². The molecule has 0 bridgehead atoms. The van der Waals surface area contributed by atoms with Crippen molar-refractivity contribution in [2.45, 2.75) is 39.7 Å². The number of rotatable bonds is 4. The molecule has 2 heterocycles. The lowest BCUT2D eigenvalue weighted by Gasteiger charge is -2.20. The van der Waals surface area contributed by atoms with Gasteiger partial charge in [0.1, 0.15) is 17.5 Å². The zero-order valence-corrected chi connectivity index (χ0v) is 13.7. The Labute approximate surface area is 126 Å². The van der Waals surface area contributed by atoms with Gasteiger partial charge in [0.05, 0.1) is 6.20 Å². The number of hydrogen-bond acceptors (Lipinski definition) is 5. The highest BCUT2D eigenvalue weighted by Gasteiger charge is 2.20. The molecule has 6 heteroatoms. The molecule has 0 fully saturated rings. The molecule has 0 saturated heterocycles. The summed E-state index contributed by atoms with van der Waals surface area (Å²) in [4.78, 5) is 9.29. The minimum Gasteiger partial charge on any atom is -0.373 e. The quantitative estimate of drug-likeness (QED) is 0.904. The zero-order chi connectivity index (χ0) is 15.6. The first kappa shape index (κ1) is 15.3. The number of hydrogen-bond donors (Lipinski definition) is 2. The van der Waals surface area contributed by atoms with Gasteiger partial charge in [-0.25, -0.2) is 9.97 Å². The number of aromatic nitrogens is 4. The molecule has 114 valence electrons. The van der Waals surface area contributed by atoms with Crippen molar-refractivity contribution in [3.8, 4) is 0 Å². The van der Waals surface area contributed by atoms with Crippen molar-refractivity contribution in [3.05, 3.63) is 29.3 Å². The van der Waals surface area contributed by atoms with Gasteiger partial charge < -0.3 is 10.6 Å². The van der Waals surface area contributed by atoms with Crippen molar-refractivity contribution >= 4 is 11.6 Å². The molecule has 0 amide bonds. The summed E-state index contributed by atoms with van der Waals surface area (Å²) in [6.45, 7) is 9.05. The smallest absolute Gasteiger partial charge is 0.138 e. The summed E-state index contributed by atoms with van der Waals surface area (Å²) in [5, 5.41) is 10.7. The van der Waals surface area contributed by atoms with Crippen molar-refractivity contribution < 1.29 is 0 Å². The Kier molecular flexibility index (Phi) is 4.16. The maximum absolute atomic E-state index is 4.68. The normalized spacial score (nSPS) is 11.5. The van der Waals surface area contributed by atoms with Crippen LogP contribution in [0.4, 0.5) is 11.6 Å². The van der Waals surface area contributed by atoms with E-state index in [0.29, 0.717) is 6.54 Å². The zero-order valence-electron chi connectivity index (χ0n) is 13.7. The van der Waals surface area contributed by atoms with Crippen molar-refractivity contribution in [1.29, 1.82) is 0 Å². The molecular formula is C15H24N6. The minimum atomic E-state index is -0.0932. The number of nitrogens with one attached hydrogen (secondary N) is 2. The van der Waals surface area contributed by atoms with Gasteiger partial charge >= 0.3 is 0 Å². The van der Waals surface area contributed by atoms with Gasteiger partial charge in [-0.15, -0.1) is 0 Å². The minimum absolute atomic E-state index is 0.0932. The van der Waals surface area contributed by atoms with E-state index in [4.69, 9.17) is 0 Å². The van der Waals surface area contributed by atoms with Gasteiger partial charge in [-0.05, 0) is 6.92 Å². The van der Waals surface area contributed by atoms with Gasteiger partial charge in [0.15, 0.2) is 0 Å². The Hall–Kier alpha value is -2.11. The Bertz CT molecular complexity index is 624. The first-order chi connectivity index (χ1) is 9.81. The fraction of sp³-hybridized carbons (Fsp3) is 0.533. The van der Waals surface area contributed by atoms with E-state index in [9.17, 15) is 0 Å². The van der Waals surface area contributed by atoms with Crippen LogP contribution in [-0.2, 0) is 19.0 Å². The summed E-state index contributed by atoms with van der Waals surface area (Å²) < 4.78 is 1.80. The number of aryl methyl sites for hydroxylation is 1. The van der Waals surface area contributed by atoms with E-state index < -0.39 is 0 Å². The van der Waals surface area contributed by atoms with Crippen LogP contribution in [0, 0.1) is 6.92 Å².